The van der Waals surface area contributed by atoms with Crippen molar-refractivity contribution in [2.24, 2.45) is 0 Å². The zero-order chi connectivity index (χ0) is 11.0. The average Bonchev–Trinajstić information content (AvgIpc) is 2.47. The molecule has 1 atom stereocenters. The number of rotatable bonds is 1. The minimum absolute atomic E-state index is 0.532. The van der Waals surface area contributed by atoms with E-state index < -0.39 is 23.6 Å². The van der Waals surface area contributed by atoms with E-state index in [0.29, 0.717) is 5.56 Å². The van der Waals surface area contributed by atoms with Gasteiger partial charge in [-0.3, -0.25) is 9.59 Å². The lowest BCUT2D eigenvalue weighted by Crippen LogP contribution is -2.14. The SMILES string of the molecule is Cc1ccc(C2OC(=O)C(=O)C2=O)cc1. The highest BCUT2D eigenvalue weighted by Gasteiger charge is 2.42. The molecule has 1 aliphatic rings. The van der Waals surface area contributed by atoms with Crippen LogP contribution in [-0.4, -0.2) is 17.5 Å². The van der Waals surface area contributed by atoms with E-state index in [4.69, 9.17) is 0 Å². The molecule has 0 N–H and O–H groups in total. The molecule has 4 heteroatoms. The molecule has 1 heterocycles. The summed E-state index contributed by atoms with van der Waals surface area (Å²) in [4.78, 5) is 33.1. The number of aryl methyl sites for hydroxylation is 1. The summed E-state index contributed by atoms with van der Waals surface area (Å²) < 4.78 is 4.67. The molecule has 1 aromatic rings. The standard InChI is InChI=1S/C11H8O4/c1-6-2-4-7(5-3-6)10-8(12)9(13)11(14)15-10/h2-5,10H,1H3. The van der Waals surface area contributed by atoms with E-state index in [0.717, 1.165) is 5.56 Å². The fourth-order valence-corrected chi connectivity index (χ4v) is 1.39. The van der Waals surface area contributed by atoms with Crippen LogP contribution in [0, 0.1) is 6.92 Å². The monoisotopic (exact) mass is 204 g/mol. The second-order valence-corrected chi connectivity index (χ2v) is 3.39. The number of hydrogen-bond acceptors (Lipinski definition) is 4. The molecule has 0 radical (unpaired) electrons. The van der Waals surface area contributed by atoms with Crippen LogP contribution in [0.4, 0.5) is 0 Å². The van der Waals surface area contributed by atoms with Gasteiger partial charge in [-0.25, -0.2) is 4.79 Å². The molecule has 2 rings (SSSR count). The number of carbonyl (C=O) groups is 3. The number of ketones is 2. The van der Waals surface area contributed by atoms with E-state index >= 15 is 0 Å². The maximum absolute atomic E-state index is 11.3. The molecule has 76 valence electrons. The Morgan fingerprint density at radius 1 is 1.07 bits per heavy atom. The number of Topliss-reactive ketones (excluding diaryl/α,β-unsaturated/α-hetero) is 2. The van der Waals surface area contributed by atoms with Gasteiger partial charge in [0.25, 0.3) is 5.78 Å². The third-order valence-corrected chi connectivity index (χ3v) is 2.25. The molecule has 1 unspecified atom stereocenters. The summed E-state index contributed by atoms with van der Waals surface area (Å²) in [6, 6.07) is 6.92. The molecular weight excluding hydrogens is 196 g/mol. The third-order valence-electron chi connectivity index (χ3n) is 2.25. The van der Waals surface area contributed by atoms with Crippen molar-refractivity contribution in [3.63, 3.8) is 0 Å². The van der Waals surface area contributed by atoms with Crippen molar-refractivity contribution in [1.29, 1.82) is 0 Å². The molecule has 0 aliphatic carbocycles. The van der Waals surface area contributed by atoms with Crippen LogP contribution in [0.25, 0.3) is 0 Å². The molecule has 0 bridgehead atoms. The fraction of sp³-hybridized carbons (Fsp3) is 0.182. The van der Waals surface area contributed by atoms with Crippen LogP contribution in [0.1, 0.15) is 17.2 Å². The Balaban J connectivity index is 2.33. The van der Waals surface area contributed by atoms with E-state index in [-0.39, 0.29) is 0 Å². The van der Waals surface area contributed by atoms with Gasteiger partial charge in [-0.05, 0) is 6.92 Å². The van der Waals surface area contributed by atoms with E-state index in [1.807, 2.05) is 6.92 Å². The number of hydrogen-bond donors (Lipinski definition) is 0. The maximum Gasteiger partial charge on any atom is 0.384 e. The van der Waals surface area contributed by atoms with Crippen molar-refractivity contribution in [2.75, 3.05) is 0 Å². The lowest BCUT2D eigenvalue weighted by Gasteiger charge is -2.06. The molecule has 0 saturated carbocycles. The van der Waals surface area contributed by atoms with Crippen molar-refractivity contribution in [2.45, 2.75) is 13.0 Å². The van der Waals surface area contributed by atoms with Gasteiger partial charge in [-0.1, -0.05) is 29.8 Å². The van der Waals surface area contributed by atoms with Crippen LogP contribution >= 0.6 is 0 Å². The molecule has 0 amide bonds. The highest BCUT2D eigenvalue weighted by atomic mass is 16.6. The first kappa shape index (κ1) is 9.58. The average molecular weight is 204 g/mol. The lowest BCUT2D eigenvalue weighted by molar-refractivity contribution is -0.149. The second kappa shape index (κ2) is 3.31. The van der Waals surface area contributed by atoms with Crippen LogP contribution in [0.5, 0.6) is 0 Å². The Bertz CT molecular complexity index is 444. The van der Waals surface area contributed by atoms with Gasteiger partial charge in [0.15, 0.2) is 6.10 Å². The quantitative estimate of drug-likeness (QED) is 0.499. The van der Waals surface area contributed by atoms with Crippen molar-refractivity contribution in [3.8, 4) is 0 Å². The molecule has 1 aromatic carbocycles. The molecule has 4 nitrogen and oxygen atoms in total. The van der Waals surface area contributed by atoms with E-state index in [2.05, 4.69) is 4.74 Å². The molecule has 0 spiro atoms. The summed E-state index contributed by atoms with van der Waals surface area (Å²) in [5.41, 5.74) is 1.56. The Morgan fingerprint density at radius 3 is 2.13 bits per heavy atom. The summed E-state index contributed by atoms with van der Waals surface area (Å²) in [7, 11) is 0. The fourth-order valence-electron chi connectivity index (χ4n) is 1.39. The van der Waals surface area contributed by atoms with Crippen LogP contribution < -0.4 is 0 Å². The Hall–Kier alpha value is -1.97. The van der Waals surface area contributed by atoms with Gasteiger partial charge < -0.3 is 4.74 Å². The molecule has 1 saturated heterocycles. The van der Waals surface area contributed by atoms with E-state index in [1.165, 1.54) is 0 Å². The Morgan fingerprint density at radius 2 is 1.67 bits per heavy atom. The van der Waals surface area contributed by atoms with Crippen LogP contribution in [-0.2, 0) is 19.1 Å². The van der Waals surface area contributed by atoms with Crippen molar-refractivity contribution >= 4 is 17.5 Å². The first-order chi connectivity index (χ1) is 7.09. The molecule has 1 aliphatic heterocycles. The maximum atomic E-state index is 11.3. The minimum atomic E-state index is -1.07. The molecule has 0 aromatic heterocycles. The predicted molar refractivity (Wildman–Crippen MR) is 50.0 cm³/mol. The molecule has 15 heavy (non-hydrogen) atoms. The first-order valence-electron chi connectivity index (χ1n) is 4.45. The number of carbonyl (C=O) groups excluding carboxylic acids is 3. The number of benzene rings is 1. The van der Waals surface area contributed by atoms with Crippen LogP contribution in [0.15, 0.2) is 24.3 Å². The smallest absolute Gasteiger partial charge is 0.384 e. The van der Waals surface area contributed by atoms with Gasteiger partial charge >= 0.3 is 11.8 Å². The van der Waals surface area contributed by atoms with Gasteiger partial charge in [-0.2, -0.15) is 0 Å². The number of cyclic esters (lactones) is 1. The third kappa shape index (κ3) is 1.54. The van der Waals surface area contributed by atoms with Crippen molar-refractivity contribution in [1.82, 2.24) is 0 Å². The summed E-state index contributed by atoms with van der Waals surface area (Å²) >= 11 is 0. The molecular formula is C11H8O4. The normalized spacial score (nSPS) is 20.6. The topological polar surface area (TPSA) is 60.4 Å². The van der Waals surface area contributed by atoms with Crippen molar-refractivity contribution < 1.29 is 19.1 Å². The van der Waals surface area contributed by atoms with Gasteiger partial charge in [-0.15, -0.1) is 0 Å². The highest BCUT2D eigenvalue weighted by molar-refractivity contribution is 6.65. The number of ether oxygens (including phenoxy) is 1. The van der Waals surface area contributed by atoms with Crippen molar-refractivity contribution in [3.05, 3.63) is 35.4 Å². The van der Waals surface area contributed by atoms with Gasteiger partial charge in [0.05, 0.1) is 0 Å². The van der Waals surface area contributed by atoms with E-state index in [1.54, 1.807) is 24.3 Å². The van der Waals surface area contributed by atoms with E-state index in [9.17, 15) is 14.4 Å². The molecule has 1 fully saturated rings. The zero-order valence-electron chi connectivity index (χ0n) is 8.02. The summed E-state index contributed by atoms with van der Waals surface area (Å²) in [6.45, 7) is 1.90. The van der Waals surface area contributed by atoms with Gasteiger partial charge in [0.1, 0.15) is 0 Å². The van der Waals surface area contributed by atoms with Crippen LogP contribution in [0.2, 0.25) is 0 Å². The van der Waals surface area contributed by atoms with Gasteiger partial charge in [0.2, 0.25) is 0 Å². The summed E-state index contributed by atoms with van der Waals surface area (Å²) in [6.07, 6.45) is -1.05. The highest BCUT2D eigenvalue weighted by Crippen LogP contribution is 2.24. The second-order valence-electron chi connectivity index (χ2n) is 3.39. The minimum Gasteiger partial charge on any atom is -0.443 e. The van der Waals surface area contributed by atoms with Crippen LogP contribution in [0.3, 0.4) is 0 Å². The Labute approximate surface area is 85.8 Å². The summed E-state index contributed by atoms with van der Waals surface area (Å²) in [5.74, 6) is -2.92. The zero-order valence-corrected chi connectivity index (χ0v) is 8.02. The summed E-state index contributed by atoms with van der Waals surface area (Å²) in [5, 5.41) is 0. The largest absolute Gasteiger partial charge is 0.443 e. The predicted octanol–water partition coefficient (Wildman–Crippen LogP) is 0.731. The lowest BCUT2D eigenvalue weighted by atomic mass is 10.0. The Kier molecular flexibility index (Phi) is 2.11. The number of esters is 1. The first-order valence-corrected chi connectivity index (χ1v) is 4.45. The van der Waals surface area contributed by atoms with Gasteiger partial charge in [0, 0.05) is 5.56 Å².